The lowest BCUT2D eigenvalue weighted by Gasteiger charge is -2.20. The van der Waals surface area contributed by atoms with Gasteiger partial charge in [-0.15, -0.1) is 0 Å². The van der Waals surface area contributed by atoms with Crippen molar-refractivity contribution in [3.8, 4) is 0 Å². The molecule has 2 aromatic carbocycles. The Morgan fingerprint density at radius 3 is 2.60 bits per heavy atom. The van der Waals surface area contributed by atoms with Crippen LogP contribution in [0.5, 0.6) is 0 Å². The zero-order valence-corrected chi connectivity index (χ0v) is 14.6. The number of hydrogen-bond acceptors (Lipinski definition) is 2. The van der Waals surface area contributed by atoms with Gasteiger partial charge in [0.05, 0.1) is 11.4 Å². The van der Waals surface area contributed by atoms with Crippen LogP contribution in [0.4, 0.5) is 16.2 Å². The normalized spacial score (nSPS) is 13.8. The monoisotopic (exact) mass is 357 g/mol. The van der Waals surface area contributed by atoms with Crippen molar-refractivity contribution in [2.24, 2.45) is 0 Å². The lowest BCUT2D eigenvalue weighted by atomic mass is 10.1. The molecule has 2 N–H and O–H groups in total. The molecule has 6 heteroatoms. The predicted octanol–water partition coefficient (Wildman–Crippen LogP) is 3.83. The number of hydrogen-bond donors (Lipinski definition) is 2. The Bertz CT molecular complexity index is 762. The van der Waals surface area contributed by atoms with Crippen LogP contribution < -0.4 is 15.5 Å². The minimum atomic E-state index is -0.284. The first-order valence-corrected chi connectivity index (χ1v) is 8.70. The van der Waals surface area contributed by atoms with Gasteiger partial charge in [0.1, 0.15) is 0 Å². The third kappa shape index (κ3) is 4.51. The standard InChI is InChI=1S/C19H20ClN3O2/c20-15-9-7-14(8-10-15)11-12-21-19(25)22-16-4-1-2-5-17(16)23-13-3-6-18(23)24/h1-2,4-5,7-10H,3,6,11-13H2,(H2,21,22,25). The number of halogens is 1. The SMILES string of the molecule is O=C(NCCc1ccc(Cl)cc1)Nc1ccccc1N1CCCC1=O. The molecule has 1 heterocycles. The maximum Gasteiger partial charge on any atom is 0.319 e. The number of para-hydroxylation sites is 2. The molecule has 2 aromatic rings. The molecule has 0 saturated carbocycles. The van der Waals surface area contributed by atoms with Crippen molar-refractivity contribution in [1.29, 1.82) is 0 Å². The Hall–Kier alpha value is -2.53. The molecule has 0 aromatic heterocycles. The summed E-state index contributed by atoms with van der Waals surface area (Å²) in [5, 5.41) is 6.37. The number of urea groups is 1. The van der Waals surface area contributed by atoms with Crippen molar-refractivity contribution in [1.82, 2.24) is 5.32 Å². The van der Waals surface area contributed by atoms with E-state index in [9.17, 15) is 9.59 Å². The van der Waals surface area contributed by atoms with Crippen molar-refractivity contribution in [2.45, 2.75) is 19.3 Å². The molecule has 0 radical (unpaired) electrons. The molecule has 0 bridgehead atoms. The van der Waals surface area contributed by atoms with E-state index in [2.05, 4.69) is 10.6 Å². The van der Waals surface area contributed by atoms with Crippen molar-refractivity contribution < 1.29 is 9.59 Å². The van der Waals surface area contributed by atoms with Gasteiger partial charge < -0.3 is 15.5 Å². The largest absolute Gasteiger partial charge is 0.338 e. The summed E-state index contributed by atoms with van der Waals surface area (Å²) in [6, 6.07) is 14.6. The highest BCUT2D eigenvalue weighted by molar-refractivity contribution is 6.30. The van der Waals surface area contributed by atoms with Crippen LogP contribution in [-0.4, -0.2) is 25.0 Å². The van der Waals surface area contributed by atoms with Gasteiger partial charge in [-0.2, -0.15) is 0 Å². The molecular weight excluding hydrogens is 338 g/mol. The molecule has 1 aliphatic heterocycles. The minimum absolute atomic E-state index is 0.0948. The summed E-state index contributed by atoms with van der Waals surface area (Å²) >= 11 is 5.86. The third-order valence-corrected chi connectivity index (χ3v) is 4.38. The van der Waals surface area contributed by atoms with Gasteiger partial charge in [0, 0.05) is 24.5 Å². The van der Waals surface area contributed by atoms with E-state index in [1.807, 2.05) is 42.5 Å². The number of amides is 3. The summed E-state index contributed by atoms with van der Waals surface area (Å²) in [7, 11) is 0. The van der Waals surface area contributed by atoms with Crippen molar-refractivity contribution in [2.75, 3.05) is 23.3 Å². The molecule has 25 heavy (non-hydrogen) atoms. The first-order chi connectivity index (χ1) is 12.1. The van der Waals surface area contributed by atoms with Crippen LogP contribution in [0.3, 0.4) is 0 Å². The predicted molar refractivity (Wildman–Crippen MR) is 100 cm³/mol. The van der Waals surface area contributed by atoms with E-state index in [1.165, 1.54) is 0 Å². The van der Waals surface area contributed by atoms with Crippen LogP contribution in [0.2, 0.25) is 5.02 Å². The molecule has 0 unspecified atom stereocenters. The minimum Gasteiger partial charge on any atom is -0.338 e. The lowest BCUT2D eigenvalue weighted by Crippen LogP contribution is -2.32. The molecule has 1 saturated heterocycles. The fraction of sp³-hybridized carbons (Fsp3) is 0.263. The average molecular weight is 358 g/mol. The van der Waals surface area contributed by atoms with E-state index < -0.39 is 0 Å². The third-order valence-electron chi connectivity index (χ3n) is 4.13. The van der Waals surface area contributed by atoms with E-state index >= 15 is 0 Å². The van der Waals surface area contributed by atoms with Gasteiger partial charge in [-0.05, 0) is 42.7 Å². The van der Waals surface area contributed by atoms with Crippen molar-refractivity contribution >= 4 is 34.9 Å². The molecule has 3 rings (SSSR count). The summed E-state index contributed by atoms with van der Waals surface area (Å²) in [5.74, 6) is 0.0948. The molecule has 1 fully saturated rings. The summed E-state index contributed by atoms with van der Waals surface area (Å²) < 4.78 is 0. The number of rotatable bonds is 5. The molecular formula is C19H20ClN3O2. The molecule has 0 spiro atoms. The van der Waals surface area contributed by atoms with Crippen LogP contribution >= 0.6 is 11.6 Å². The lowest BCUT2D eigenvalue weighted by molar-refractivity contribution is -0.117. The number of carbonyl (C=O) groups is 2. The van der Waals surface area contributed by atoms with Crippen LogP contribution in [0.1, 0.15) is 18.4 Å². The quantitative estimate of drug-likeness (QED) is 0.854. The fourth-order valence-electron chi connectivity index (χ4n) is 2.86. The zero-order chi connectivity index (χ0) is 17.6. The van der Waals surface area contributed by atoms with Crippen LogP contribution in [0.15, 0.2) is 48.5 Å². The van der Waals surface area contributed by atoms with Gasteiger partial charge in [0.15, 0.2) is 0 Å². The highest BCUT2D eigenvalue weighted by Crippen LogP contribution is 2.29. The van der Waals surface area contributed by atoms with E-state index in [1.54, 1.807) is 11.0 Å². The number of nitrogens with one attached hydrogen (secondary N) is 2. The molecule has 5 nitrogen and oxygen atoms in total. The van der Waals surface area contributed by atoms with Crippen LogP contribution in [0, 0.1) is 0 Å². The molecule has 3 amide bonds. The smallest absolute Gasteiger partial charge is 0.319 e. The maximum atomic E-state index is 12.2. The van der Waals surface area contributed by atoms with E-state index in [-0.39, 0.29) is 11.9 Å². The van der Waals surface area contributed by atoms with E-state index in [0.717, 1.165) is 24.1 Å². The highest BCUT2D eigenvalue weighted by atomic mass is 35.5. The first-order valence-electron chi connectivity index (χ1n) is 8.32. The summed E-state index contributed by atoms with van der Waals surface area (Å²) in [6.07, 6.45) is 2.12. The van der Waals surface area contributed by atoms with Gasteiger partial charge in [-0.1, -0.05) is 35.9 Å². The second kappa shape index (κ2) is 8.03. The Morgan fingerprint density at radius 2 is 1.88 bits per heavy atom. The first kappa shape index (κ1) is 17.3. The Kier molecular flexibility index (Phi) is 5.56. The van der Waals surface area contributed by atoms with Gasteiger partial charge >= 0.3 is 6.03 Å². The zero-order valence-electron chi connectivity index (χ0n) is 13.8. The summed E-state index contributed by atoms with van der Waals surface area (Å²) in [6.45, 7) is 1.20. The van der Waals surface area contributed by atoms with Gasteiger partial charge in [0.2, 0.25) is 5.91 Å². The summed E-state index contributed by atoms with van der Waals surface area (Å²) in [4.78, 5) is 25.8. The van der Waals surface area contributed by atoms with E-state index in [4.69, 9.17) is 11.6 Å². The second-order valence-corrected chi connectivity index (χ2v) is 6.36. The van der Waals surface area contributed by atoms with Crippen molar-refractivity contribution in [3.63, 3.8) is 0 Å². The van der Waals surface area contributed by atoms with Gasteiger partial charge in [0.25, 0.3) is 0 Å². The van der Waals surface area contributed by atoms with Crippen LogP contribution in [-0.2, 0) is 11.2 Å². The fourth-order valence-corrected chi connectivity index (χ4v) is 2.98. The number of benzene rings is 2. The second-order valence-electron chi connectivity index (χ2n) is 5.92. The van der Waals surface area contributed by atoms with Gasteiger partial charge in [-0.3, -0.25) is 4.79 Å². The van der Waals surface area contributed by atoms with Crippen molar-refractivity contribution in [3.05, 3.63) is 59.1 Å². The topological polar surface area (TPSA) is 61.4 Å². The Labute approximate surface area is 152 Å². The number of anilines is 2. The Morgan fingerprint density at radius 1 is 1.12 bits per heavy atom. The molecule has 0 aliphatic carbocycles. The average Bonchev–Trinajstić information content (AvgIpc) is 3.03. The maximum absolute atomic E-state index is 12.2. The highest BCUT2D eigenvalue weighted by Gasteiger charge is 2.24. The summed E-state index contributed by atoms with van der Waals surface area (Å²) in [5.41, 5.74) is 2.49. The molecule has 1 aliphatic rings. The molecule has 130 valence electrons. The van der Waals surface area contributed by atoms with Gasteiger partial charge in [-0.25, -0.2) is 4.79 Å². The Balaban J connectivity index is 1.56. The number of nitrogens with zero attached hydrogens (tertiary/aromatic N) is 1. The molecule has 0 atom stereocenters. The van der Waals surface area contributed by atoms with E-state index in [0.29, 0.717) is 30.2 Å². The number of carbonyl (C=O) groups excluding carboxylic acids is 2. The van der Waals surface area contributed by atoms with Crippen LogP contribution in [0.25, 0.3) is 0 Å².